The van der Waals surface area contributed by atoms with E-state index in [0.717, 1.165) is 0 Å². The van der Waals surface area contributed by atoms with Gasteiger partial charge in [-0.15, -0.1) is 11.8 Å². The van der Waals surface area contributed by atoms with Crippen LogP contribution in [0.1, 0.15) is 13.8 Å². The highest BCUT2D eigenvalue weighted by Gasteiger charge is 2.35. The third-order valence-corrected chi connectivity index (χ3v) is 5.14. The van der Waals surface area contributed by atoms with E-state index in [-0.39, 0.29) is 11.8 Å². The van der Waals surface area contributed by atoms with E-state index in [4.69, 9.17) is 23.2 Å². The summed E-state index contributed by atoms with van der Waals surface area (Å²) in [5, 5.41) is 8.80. The van der Waals surface area contributed by atoms with E-state index in [1.807, 2.05) is 0 Å². The third-order valence-electron chi connectivity index (χ3n) is 3.27. The van der Waals surface area contributed by atoms with Gasteiger partial charge in [0.2, 0.25) is 5.91 Å². The lowest BCUT2D eigenvalue weighted by Crippen LogP contribution is -2.31. The number of hydrogen-bond donors (Lipinski definition) is 1. The summed E-state index contributed by atoms with van der Waals surface area (Å²) in [6.07, 6.45) is 0. The van der Waals surface area contributed by atoms with Crippen molar-refractivity contribution in [1.29, 1.82) is 0 Å². The molecule has 1 heterocycles. The van der Waals surface area contributed by atoms with Crippen LogP contribution >= 0.6 is 35.0 Å². The molecule has 1 aliphatic heterocycles. The van der Waals surface area contributed by atoms with Crippen LogP contribution in [0.4, 0.5) is 5.69 Å². The van der Waals surface area contributed by atoms with Gasteiger partial charge in [0.25, 0.3) is 5.91 Å². The summed E-state index contributed by atoms with van der Waals surface area (Å²) in [4.78, 5) is 24.0. The number of thioether (sulfide) groups is 1. The number of carbonyl (C=O) groups excluding carboxylic acids is 2. The van der Waals surface area contributed by atoms with Crippen LogP contribution in [0.25, 0.3) is 0 Å². The van der Waals surface area contributed by atoms with Crippen molar-refractivity contribution in [1.82, 2.24) is 5.32 Å². The number of anilines is 1. The predicted octanol–water partition coefficient (Wildman–Crippen LogP) is 3.51. The molecule has 0 radical (unpaired) electrons. The van der Waals surface area contributed by atoms with Crippen molar-refractivity contribution >= 4 is 58.2 Å². The quantitative estimate of drug-likeness (QED) is 0.601. The number of nitrogens with zero attached hydrogens (tertiary/aromatic N) is 2. The maximum absolute atomic E-state index is 12.6. The van der Waals surface area contributed by atoms with Crippen LogP contribution in [-0.2, 0) is 9.59 Å². The van der Waals surface area contributed by atoms with Crippen molar-refractivity contribution in [2.45, 2.75) is 19.1 Å². The topological polar surface area (TPSA) is 61.8 Å². The molecule has 1 N–H and O–H groups in total. The monoisotopic (exact) mass is 385 g/mol. The summed E-state index contributed by atoms with van der Waals surface area (Å²) in [7, 11) is 0. The zero-order valence-corrected chi connectivity index (χ0v) is 15.6. The Morgan fingerprint density at radius 1 is 1.46 bits per heavy atom. The van der Waals surface area contributed by atoms with Crippen LogP contribution in [-0.4, -0.2) is 35.1 Å². The van der Waals surface area contributed by atoms with Crippen LogP contribution in [0.15, 0.2) is 35.5 Å². The Morgan fingerprint density at radius 3 is 2.83 bits per heavy atom. The molecule has 0 bridgehead atoms. The van der Waals surface area contributed by atoms with Gasteiger partial charge in [-0.2, -0.15) is 10.1 Å². The van der Waals surface area contributed by atoms with Gasteiger partial charge < -0.3 is 5.32 Å². The van der Waals surface area contributed by atoms with E-state index < -0.39 is 5.25 Å². The number of rotatable bonds is 6. The van der Waals surface area contributed by atoms with E-state index in [1.165, 1.54) is 16.8 Å². The van der Waals surface area contributed by atoms with Crippen LogP contribution in [0.3, 0.4) is 0 Å². The van der Waals surface area contributed by atoms with E-state index in [1.54, 1.807) is 32.0 Å². The summed E-state index contributed by atoms with van der Waals surface area (Å²) in [5.41, 5.74) is 1.61. The summed E-state index contributed by atoms with van der Waals surface area (Å²) in [6.45, 7) is 7.46. The van der Waals surface area contributed by atoms with Gasteiger partial charge in [-0.25, -0.2) is 0 Å². The lowest BCUT2D eigenvalue weighted by Gasteiger charge is -2.16. The first kappa shape index (κ1) is 18.8. The highest BCUT2D eigenvalue weighted by atomic mass is 35.5. The molecular formula is C16H17Cl2N3O2S. The van der Waals surface area contributed by atoms with E-state index >= 15 is 0 Å². The fourth-order valence-electron chi connectivity index (χ4n) is 2.05. The Morgan fingerprint density at radius 2 is 2.17 bits per heavy atom. The second-order valence-corrected chi connectivity index (χ2v) is 7.33. The molecule has 0 fully saturated rings. The molecule has 8 heteroatoms. The van der Waals surface area contributed by atoms with Gasteiger partial charge in [0, 0.05) is 22.9 Å². The summed E-state index contributed by atoms with van der Waals surface area (Å²) >= 11 is 13.5. The molecule has 1 aromatic rings. The number of carbonyl (C=O) groups is 2. The maximum Gasteiger partial charge on any atom is 0.266 e. The lowest BCUT2D eigenvalue weighted by molar-refractivity contribution is -0.117. The molecule has 1 aliphatic rings. The number of amides is 2. The largest absolute Gasteiger partial charge is 0.352 e. The van der Waals surface area contributed by atoms with Gasteiger partial charge in [0.15, 0.2) is 0 Å². The Bertz CT molecular complexity index is 721. The molecule has 0 aromatic heterocycles. The fourth-order valence-corrected chi connectivity index (χ4v) is 3.40. The van der Waals surface area contributed by atoms with Gasteiger partial charge in [-0.05, 0) is 32.0 Å². The lowest BCUT2D eigenvalue weighted by atomic mass is 10.2. The van der Waals surface area contributed by atoms with Crippen molar-refractivity contribution < 1.29 is 9.59 Å². The van der Waals surface area contributed by atoms with Crippen molar-refractivity contribution in [3.63, 3.8) is 0 Å². The number of nitrogens with one attached hydrogen (secondary N) is 1. The van der Waals surface area contributed by atoms with Gasteiger partial charge in [0.1, 0.15) is 5.25 Å². The Balaban J connectivity index is 1.99. The molecule has 0 spiro atoms. The average Bonchev–Trinajstić information content (AvgIpc) is 2.80. The minimum Gasteiger partial charge on any atom is -0.352 e. The fraction of sp³-hybridized carbons (Fsp3) is 0.312. The van der Waals surface area contributed by atoms with E-state index in [2.05, 4.69) is 17.0 Å². The SMILES string of the molecule is C=C(C)C(=O)NCCSC1C(=O)N(c2cc(Cl)ccc2Cl)N=C1C. The predicted molar refractivity (Wildman–Crippen MR) is 101 cm³/mol. The standard InChI is InChI=1S/C16H17Cl2N3O2S/c1-9(2)15(22)19-6-7-24-14-10(3)20-21(16(14)23)13-8-11(17)4-5-12(13)18/h4-5,8,14H,1,6-7H2,2-3H3,(H,19,22). The second kappa shape index (κ2) is 8.05. The number of halogens is 2. The number of hydrazone groups is 1. The van der Waals surface area contributed by atoms with E-state index in [0.29, 0.717) is 39.3 Å². The normalized spacial score (nSPS) is 17.0. The molecule has 24 heavy (non-hydrogen) atoms. The third kappa shape index (κ3) is 4.32. The Hall–Kier alpha value is -1.50. The molecule has 1 aromatic carbocycles. The molecule has 5 nitrogen and oxygen atoms in total. The van der Waals surface area contributed by atoms with Crippen molar-refractivity contribution in [3.05, 3.63) is 40.4 Å². The molecule has 2 amide bonds. The zero-order chi connectivity index (χ0) is 17.9. The molecule has 0 saturated carbocycles. The first-order valence-electron chi connectivity index (χ1n) is 7.20. The van der Waals surface area contributed by atoms with Gasteiger partial charge >= 0.3 is 0 Å². The second-order valence-electron chi connectivity index (χ2n) is 5.27. The zero-order valence-electron chi connectivity index (χ0n) is 13.3. The smallest absolute Gasteiger partial charge is 0.266 e. The summed E-state index contributed by atoms with van der Waals surface area (Å²) < 4.78 is 0. The molecule has 128 valence electrons. The molecule has 1 unspecified atom stereocenters. The van der Waals surface area contributed by atoms with Crippen molar-refractivity contribution in [3.8, 4) is 0 Å². The first-order valence-corrected chi connectivity index (χ1v) is 9.01. The Kier molecular flexibility index (Phi) is 6.32. The maximum atomic E-state index is 12.6. The first-order chi connectivity index (χ1) is 11.3. The van der Waals surface area contributed by atoms with Crippen LogP contribution in [0, 0.1) is 0 Å². The molecule has 2 rings (SSSR count). The van der Waals surface area contributed by atoms with Gasteiger partial charge in [-0.3, -0.25) is 9.59 Å². The summed E-state index contributed by atoms with van der Waals surface area (Å²) in [5.74, 6) is 0.221. The van der Waals surface area contributed by atoms with Crippen molar-refractivity contribution in [2.24, 2.45) is 5.10 Å². The highest BCUT2D eigenvalue weighted by molar-refractivity contribution is 8.01. The molecule has 0 aliphatic carbocycles. The summed E-state index contributed by atoms with van der Waals surface area (Å²) in [6, 6.07) is 4.89. The van der Waals surface area contributed by atoms with Crippen molar-refractivity contribution in [2.75, 3.05) is 17.3 Å². The molecule has 1 atom stereocenters. The number of hydrogen-bond acceptors (Lipinski definition) is 4. The van der Waals surface area contributed by atoms with Crippen LogP contribution in [0.2, 0.25) is 10.0 Å². The Labute approximate surface area is 155 Å². The number of benzene rings is 1. The molecular weight excluding hydrogens is 369 g/mol. The van der Waals surface area contributed by atoms with Crippen LogP contribution < -0.4 is 10.3 Å². The van der Waals surface area contributed by atoms with Crippen LogP contribution in [0.5, 0.6) is 0 Å². The van der Waals surface area contributed by atoms with Gasteiger partial charge in [-0.1, -0.05) is 29.8 Å². The average molecular weight is 386 g/mol. The molecule has 0 saturated heterocycles. The minimum atomic E-state index is -0.401. The highest BCUT2D eigenvalue weighted by Crippen LogP contribution is 2.33. The van der Waals surface area contributed by atoms with E-state index in [9.17, 15) is 9.59 Å². The minimum absolute atomic E-state index is 0.173. The van der Waals surface area contributed by atoms with Gasteiger partial charge in [0.05, 0.1) is 16.4 Å².